The number of fused-ring (bicyclic) bond motifs is 1. The quantitative estimate of drug-likeness (QED) is 0.787. The number of halogens is 3. The summed E-state index contributed by atoms with van der Waals surface area (Å²) in [6.45, 7) is 1.49. The van der Waals surface area contributed by atoms with Crippen LogP contribution in [0.15, 0.2) is 18.2 Å². The van der Waals surface area contributed by atoms with E-state index >= 15 is 0 Å². The molecule has 0 saturated carbocycles. The van der Waals surface area contributed by atoms with E-state index in [0.717, 1.165) is 18.2 Å². The number of benzene rings is 1. The Bertz CT molecular complexity index is 645. The van der Waals surface area contributed by atoms with Gasteiger partial charge in [0.15, 0.2) is 6.10 Å². The molecule has 1 atom stereocenters. The molecule has 3 N–H and O–H groups in total. The van der Waals surface area contributed by atoms with Crippen LogP contribution in [0.1, 0.15) is 22.9 Å². The van der Waals surface area contributed by atoms with Crippen molar-refractivity contribution in [3.05, 3.63) is 35.0 Å². The van der Waals surface area contributed by atoms with Crippen molar-refractivity contribution in [1.82, 2.24) is 4.98 Å². The average molecular weight is 273 g/mol. The summed E-state index contributed by atoms with van der Waals surface area (Å²) in [5, 5.41) is 18.6. The third kappa shape index (κ3) is 2.28. The number of rotatable bonds is 2. The predicted octanol–water partition coefficient (Wildman–Crippen LogP) is 2.61. The molecule has 0 aliphatic rings. The molecule has 0 spiro atoms. The van der Waals surface area contributed by atoms with Gasteiger partial charge in [0.25, 0.3) is 0 Å². The second-order valence-corrected chi connectivity index (χ2v) is 4.16. The van der Waals surface area contributed by atoms with E-state index in [9.17, 15) is 23.1 Å². The van der Waals surface area contributed by atoms with E-state index in [2.05, 4.69) is 4.98 Å². The first kappa shape index (κ1) is 13.4. The van der Waals surface area contributed by atoms with E-state index in [-0.39, 0.29) is 16.5 Å². The van der Waals surface area contributed by atoms with Crippen LogP contribution >= 0.6 is 0 Å². The maximum absolute atomic E-state index is 12.6. The van der Waals surface area contributed by atoms with Crippen molar-refractivity contribution >= 4 is 16.9 Å². The topological polar surface area (TPSA) is 73.3 Å². The molecule has 2 aromatic rings. The highest BCUT2D eigenvalue weighted by atomic mass is 19.4. The molecule has 1 aromatic heterocycles. The van der Waals surface area contributed by atoms with Crippen LogP contribution in [-0.4, -0.2) is 21.2 Å². The van der Waals surface area contributed by atoms with Crippen molar-refractivity contribution in [3.8, 4) is 0 Å². The number of aromatic nitrogens is 1. The van der Waals surface area contributed by atoms with Gasteiger partial charge < -0.3 is 15.2 Å². The Morgan fingerprint density at radius 2 is 2.00 bits per heavy atom. The van der Waals surface area contributed by atoms with Crippen LogP contribution in [0.4, 0.5) is 13.2 Å². The molecule has 0 amide bonds. The first-order valence-electron chi connectivity index (χ1n) is 5.32. The summed E-state index contributed by atoms with van der Waals surface area (Å²) in [6, 6.07) is 2.90. The first-order chi connectivity index (χ1) is 8.71. The van der Waals surface area contributed by atoms with E-state index in [4.69, 9.17) is 5.11 Å². The van der Waals surface area contributed by atoms with Gasteiger partial charge >= 0.3 is 12.1 Å². The molecule has 7 heteroatoms. The van der Waals surface area contributed by atoms with Crippen LogP contribution in [0.2, 0.25) is 0 Å². The zero-order valence-electron chi connectivity index (χ0n) is 9.75. The van der Waals surface area contributed by atoms with Crippen molar-refractivity contribution in [2.75, 3.05) is 0 Å². The fraction of sp³-hybridized carbons (Fsp3) is 0.250. The van der Waals surface area contributed by atoms with E-state index in [1.54, 1.807) is 0 Å². The zero-order chi connectivity index (χ0) is 14.4. The number of alkyl halides is 3. The average Bonchev–Trinajstić information content (AvgIpc) is 2.61. The molecule has 0 aliphatic carbocycles. The molecule has 0 aliphatic heterocycles. The third-order valence-corrected chi connectivity index (χ3v) is 2.87. The van der Waals surface area contributed by atoms with Crippen molar-refractivity contribution in [1.29, 1.82) is 0 Å². The Morgan fingerprint density at radius 3 is 2.53 bits per heavy atom. The van der Waals surface area contributed by atoms with Gasteiger partial charge in [-0.1, -0.05) is 6.07 Å². The van der Waals surface area contributed by atoms with E-state index in [1.165, 1.54) is 6.92 Å². The lowest BCUT2D eigenvalue weighted by Gasteiger charge is -2.07. The summed E-state index contributed by atoms with van der Waals surface area (Å²) in [5.74, 6) is -1.45. The molecule has 0 bridgehead atoms. The fourth-order valence-electron chi connectivity index (χ4n) is 2.01. The number of aliphatic hydroxyl groups is 1. The number of carboxylic acids is 1. The van der Waals surface area contributed by atoms with E-state index in [0.29, 0.717) is 5.69 Å². The molecule has 0 radical (unpaired) electrons. The monoisotopic (exact) mass is 273 g/mol. The largest absolute Gasteiger partial charge is 0.479 e. The number of aryl methyl sites for hydroxylation is 1. The minimum absolute atomic E-state index is 0.0798. The minimum atomic E-state index is -4.47. The predicted molar refractivity (Wildman–Crippen MR) is 60.6 cm³/mol. The SMILES string of the molecule is Cc1[nH]c2cc(C(F)(F)F)ccc2c1C(O)C(=O)O. The molecule has 4 nitrogen and oxygen atoms in total. The van der Waals surface area contributed by atoms with Crippen LogP contribution in [0, 0.1) is 6.92 Å². The van der Waals surface area contributed by atoms with Gasteiger partial charge in [-0.3, -0.25) is 0 Å². The highest BCUT2D eigenvalue weighted by Crippen LogP contribution is 2.34. The lowest BCUT2D eigenvalue weighted by Crippen LogP contribution is -2.11. The molecule has 0 fully saturated rings. The minimum Gasteiger partial charge on any atom is -0.479 e. The van der Waals surface area contributed by atoms with Gasteiger partial charge in [0, 0.05) is 22.2 Å². The summed E-state index contributed by atoms with van der Waals surface area (Å²) in [4.78, 5) is 13.4. The van der Waals surface area contributed by atoms with Crippen LogP contribution < -0.4 is 0 Å². The molecule has 0 saturated heterocycles. The van der Waals surface area contributed by atoms with Gasteiger partial charge in [-0.2, -0.15) is 13.2 Å². The molecule has 19 heavy (non-hydrogen) atoms. The van der Waals surface area contributed by atoms with Crippen molar-refractivity contribution in [2.24, 2.45) is 0 Å². The normalized spacial score (nSPS) is 13.7. The molecule has 2 rings (SSSR count). The van der Waals surface area contributed by atoms with Gasteiger partial charge in [0.1, 0.15) is 0 Å². The first-order valence-corrected chi connectivity index (χ1v) is 5.32. The summed E-state index contributed by atoms with van der Waals surface area (Å²) in [6.07, 6.45) is -6.25. The van der Waals surface area contributed by atoms with Gasteiger partial charge in [-0.05, 0) is 19.1 Å². The van der Waals surface area contributed by atoms with Crippen molar-refractivity contribution in [2.45, 2.75) is 19.2 Å². The second-order valence-electron chi connectivity index (χ2n) is 4.16. The Hall–Kier alpha value is -2.02. The number of hydrogen-bond donors (Lipinski definition) is 3. The fourth-order valence-corrected chi connectivity index (χ4v) is 2.01. The number of aliphatic hydroxyl groups excluding tert-OH is 1. The Kier molecular flexibility index (Phi) is 3.01. The molecule has 1 aromatic carbocycles. The van der Waals surface area contributed by atoms with Crippen LogP contribution in [0.5, 0.6) is 0 Å². The highest BCUT2D eigenvalue weighted by Gasteiger charge is 2.31. The maximum Gasteiger partial charge on any atom is 0.416 e. The summed E-state index contributed by atoms with van der Waals surface area (Å²) in [5.41, 5.74) is -0.291. The molecule has 1 heterocycles. The molecular weight excluding hydrogens is 263 g/mol. The Balaban J connectivity index is 2.64. The molecule has 102 valence electrons. The number of nitrogens with one attached hydrogen (secondary N) is 1. The number of H-pyrrole nitrogens is 1. The van der Waals surface area contributed by atoms with Crippen molar-refractivity contribution < 1.29 is 28.2 Å². The number of carbonyl (C=O) groups is 1. The van der Waals surface area contributed by atoms with Gasteiger partial charge in [-0.25, -0.2) is 4.79 Å². The lowest BCUT2D eigenvalue weighted by atomic mass is 10.0. The number of aliphatic carboxylic acids is 1. The smallest absolute Gasteiger partial charge is 0.416 e. The Labute approximate surface area is 105 Å². The van der Waals surface area contributed by atoms with Crippen LogP contribution in [0.3, 0.4) is 0 Å². The molecule has 1 unspecified atom stereocenters. The van der Waals surface area contributed by atoms with Crippen LogP contribution in [-0.2, 0) is 11.0 Å². The van der Waals surface area contributed by atoms with E-state index < -0.39 is 23.8 Å². The third-order valence-electron chi connectivity index (χ3n) is 2.87. The number of aromatic amines is 1. The summed E-state index contributed by atoms with van der Waals surface area (Å²) >= 11 is 0. The summed E-state index contributed by atoms with van der Waals surface area (Å²) in [7, 11) is 0. The Morgan fingerprint density at radius 1 is 1.37 bits per heavy atom. The molecular formula is C12H10F3NO3. The summed E-state index contributed by atoms with van der Waals surface area (Å²) < 4.78 is 37.7. The zero-order valence-corrected chi connectivity index (χ0v) is 9.75. The maximum atomic E-state index is 12.6. The van der Waals surface area contributed by atoms with Gasteiger partial charge in [-0.15, -0.1) is 0 Å². The van der Waals surface area contributed by atoms with Gasteiger partial charge in [0.05, 0.1) is 5.56 Å². The van der Waals surface area contributed by atoms with E-state index in [1.807, 2.05) is 0 Å². The second kappa shape index (κ2) is 4.27. The standard InChI is InChI=1S/C12H10F3NO3/c1-5-9(10(17)11(18)19)7-3-2-6(12(13,14)15)4-8(7)16-5/h2-4,10,16-17H,1H3,(H,18,19). The highest BCUT2D eigenvalue weighted by molar-refractivity contribution is 5.90. The van der Waals surface area contributed by atoms with Crippen molar-refractivity contribution in [3.63, 3.8) is 0 Å². The van der Waals surface area contributed by atoms with Crippen LogP contribution in [0.25, 0.3) is 10.9 Å². The lowest BCUT2D eigenvalue weighted by molar-refractivity contribution is -0.147. The number of carboxylic acid groups (broad SMARTS) is 1. The van der Waals surface area contributed by atoms with Gasteiger partial charge in [0.2, 0.25) is 0 Å². The number of hydrogen-bond acceptors (Lipinski definition) is 2.